The number of hydrogen-bond acceptors (Lipinski definition) is 6. The molecule has 0 unspecified atom stereocenters. The summed E-state index contributed by atoms with van der Waals surface area (Å²) in [6.45, 7) is 4.18. The molecule has 5 aromatic rings. The van der Waals surface area contributed by atoms with E-state index in [-0.39, 0.29) is 22.4 Å². The van der Waals surface area contributed by atoms with Crippen molar-refractivity contribution < 1.29 is 13.2 Å². The van der Waals surface area contributed by atoms with Crippen LogP contribution in [0.1, 0.15) is 35.8 Å². The van der Waals surface area contributed by atoms with E-state index in [9.17, 15) is 13.2 Å². The summed E-state index contributed by atoms with van der Waals surface area (Å²) < 4.78 is 28.1. The van der Waals surface area contributed by atoms with Crippen LogP contribution in [0.3, 0.4) is 0 Å². The van der Waals surface area contributed by atoms with Gasteiger partial charge in [-0.3, -0.25) is 9.69 Å². The monoisotopic (exact) mass is 525 g/mol. The molecule has 1 N–H and O–H groups in total. The highest BCUT2D eigenvalue weighted by atomic mass is 32.2. The third kappa shape index (κ3) is 4.76. The molecular formula is C29H27N5O3S. The molecule has 3 aromatic carbocycles. The van der Waals surface area contributed by atoms with Gasteiger partial charge in [-0.25, -0.2) is 17.4 Å². The molecule has 0 aliphatic rings. The van der Waals surface area contributed by atoms with Gasteiger partial charge >= 0.3 is 0 Å². The maximum atomic E-state index is 13.9. The van der Waals surface area contributed by atoms with Crippen LogP contribution in [0.2, 0.25) is 0 Å². The maximum absolute atomic E-state index is 13.9. The number of para-hydroxylation sites is 1. The van der Waals surface area contributed by atoms with Crippen molar-refractivity contribution in [3.05, 3.63) is 115 Å². The van der Waals surface area contributed by atoms with E-state index in [1.54, 1.807) is 54.7 Å². The van der Waals surface area contributed by atoms with Crippen LogP contribution in [0.25, 0.3) is 10.9 Å². The topological polar surface area (TPSA) is 97.2 Å². The Morgan fingerprint density at radius 2 is 1.61 bits per heavy atom. The van der Waals surface area contributed by atoms with Crippen molar-refractivity contribution in [3.8, 4) is 0 Å². The van der Waals surface area contributed by atoms with Crippen molar-refractivity contribution in [1.29, 1.82) is 0 Å². The number of fused-ring (bicyclic) bond motifs is 1. The predicted molar refractivity (Wildman–Crippen MR) is 149 cm³/mol. The minimum absolute atomic E-state index is 0.0432. The molecule has 192 valence electrons. The van der Waals surface area contributed by atoms with Gasteiger partial charge in [0.05, 0.1) is 22.0 Å². The number of aromatic nitrogens is 3. The minimum atomic E-state index is -3.91. The van der Waals surface area contributed by atoms with Crippen LogP contribution in [0.15, 0.2) is 108 Å². The lowest BCUT2D eigenvalue weighted by atomic mass is 10.1. The molecule has 2 heterocycles. The van der Waals surface area contributed by atoms with Crippen molar-refractivity contribution in [2.24, 2.45) is 0 Å². The first kappa shape index (κ1) is 25.2. The standard InChI is InChI=1S/C29H27N5O3S/c1-3-33(27-18-19-30-29(32-27)31-21(2)22-12-6-4-7-13-22)28(35)25-20-34(26-17-11-10-16-24(25)26)38(36,37)23-14-8-5-9-15-23/h4-21H,3H2,1-2H3,(H,30,31,32)/t21-/m0/s1. The zero-order chi connectivity index (χ0) is 26.7. The molecule has 0 fully saturated rings. The van der Waals surface area contributed by atoms with E-state index in [1.165, 1.54) is 27.2 Å². The smallest absolute Gasteiger partial charge is 0.268 e. The molecule has 8 nitrogen and oxygen atoms in total. The normalized spacial score (nSPS) is 12.3. The molecule has 2 aromatic heterocycles. The third-order valence-corrected chi connectivity index (χ3v) is 8.02. The lowest BCUT2D eigenvalue weighted by Crippen LogP contribution is -2.31. The zero-order valence-corrected chi connectivity index (χ0v) is 21.8. The average molecular weight is 526 g/mol. The van der Waals surface area contributed by atoms with Gasteiger partial charge in [0.2, 0.25) is 5.95 Å². The molecule has 0 bridgehead atoms. The fourth-order valence-electron chi connectivity index (χ4n) is 4.37. The van der Waals surface area contributed by atoms with Gasteiger partial charge < -0.3 is 5.32 Å². The number of benzene rings is 3. The first-order valence-electron chi connectivity index (χ1n) is 12.3. The van der Waals surface area contributed by atoms with Crippen molar-refractivity contribution in [2.75, 3.05) is 16.8 Å². The summed E-state index contributed by atoms with van der Waals surface area (Å²) in [7, 11) is -3.91. The summed E-state index contributed by atoms with van der Waals surface area (Å²) in [5, 5.41) is 3.83. The number of hydrogen-bond donors (Lipinski definition) is 1. The highest BCUT2D eigenvalue weighted by Crippen LogP contribution is 2.28. The number of carbonyl (C=O) groups excluding carboxylic acids is 1. The lowest BCUT2D eigenvalue weighted by Gasteiger charge is -2.21. The highest BCUT2D eigenvalue weighted by Gasteiger charge is 2.27. The predicted octanol–water partition coefficient (Wildman–Crippen LogP) is 5.51. The van der Waals surface area contributed by atoms with Gasteiger partial charge in [-0.1, -0.05) is 66.7 Å². The van der Waals surface area contributed by atoms with Crippen LogP contribution in [-0.4, -0.2) is 34.8 Å². The van der Waals surface area contributed by atoms with E-state index in [0.29, 0.717) is 29.2 Å². The number of anilines is 2. The van der Waals surface area contributed by atoms with Gasteiger partial charge in [0.15, 0.2) is 0 Å². The van der Waals surface area contributed by atoms with Crippen LogP contribution < -0.4 is 10.2 Å². The van der Waals surface area contributed by atoms with E-state index in [0.717, 1.165) is 5.56 Å². The van der Waals surface area contributed by atoms with Crippen LogP contribution in [0.5, 0.6) is 0 Å². The maximum Gasteiger partial charge on any atom is 0.268 e. The molecule has 9 heteroatoms. The van der Waals surface area contributed by atoms with E-state index in [4.69, 9.17) is 0 Å². The van der Waals surface area contributed by atoms with Gasteiger partial charge in [0.25, 0.3) is 15.9 Å². The Morgan fingerprint density at radius 3 is 2.32 bits per heavy atom. The first-order chi connectivity index (χ1) is 18.4. The van der Waals surface area contributed by atoms with Gasteiger partial charge in [0, 0.05) is 24.3 Å². The second-order valence-corrected chi connectivity index (χ2v) is 10.6. The fourth-order valence-corrected chi connectivity index (χ4v) is 5.76. The first-order valence-corrected chi connectivity index (χ1v) is 13.7. The average Bonchev–Trinajstić information content (AvgIpc) is 3.35. The van der Waals surface area contributed by atoms with Gasteiger partial charge in [-0.05, 0) is 43.7 Å². The summed E-state index contributed by atoms with van der Waals surface area (Å²) in [6.07, 6.45) is 3.00. The Hall–Kier alpha value is -4.50. The second-order valence-electron chi connectivity index (χ2n) is 8.74. The van der Waals surface area contributed by atoms with E-state index >= 15 is 0 Å². The van der Waals surface area contributed by atoms with Crippen molar-refractivity contribution in [2.45, 2.75) is 24.8 Å². The summed E-state index contributed by atoms with van der Waals surface area (Å²) in [5.41, 5.74) is 1.78. The van der Waals surface area contributed by atoms with Crippen molar-refractivity contribution >= 4 is 38.6 Å². The number of nitrogens with zero attached hydrogens (tertiary/aromatic N) is 4. The van der Waals surface area contributed by atoms with Crippen LogP contribution in [-0.2, 0) is 10.0 Å². The minimum Gasteiger partial charge on any atom is -0.348 e. The number of amides is 1. The molecule has 0 saturated heterocycles. The largest absolute Gasteiger partial charge is 0.348 e. The highest BCUT2D eigenvalue weighted by molar-refractivity contribution is 7.90. The molecule has 0 spiro atoms. The fraction of sp³-hybridized carbons (Fsp3) is 0.138. The molecule has 1 amide bonds. The molecule has 0 aliphatic heterocycles. The van der Waals surface area contributed by atoms with E-state index < -0.39 is 10.0 Å². The van der Waals surface area contributed by atoms with Gasteiger partial charge in [-0.15, -0.1) is 0 Å². The van der Waals surface area contributed by atoms with Crippen LogP contribution >= 0.6 is 0 Å². The van der Waals surface area contributed by atoms with Crippen molar-refractivity contribution in [1.82, 2.24) is 13.9 Å². The summed E-state index contributed by atoms with van der Waals surface area (Å²) in [6, 6.07) is 26.7. The molecule has 38 heavy (non-hydrogen) atoms. The number of carbonyl (C=O) groups is 1. The Morgan fingerprint density at radius 1 is 0.947 bits per heavy atom. The summed E-state index contributed by atoms with van der Waals surface area (Å²) >= 11 is 0. The van der Waals surface area contributed by atoms with E-state index in [2.05, 4.69) is 15.3 Å². The Labute approximate surface area is 221 Å². The quantitative estimate of drug-likeness (QED) is 0.287. The zero-order valence-electron chi connectivity index (χ0n) is 21.0. The molecule has 1 atom stereocenters. The molecule has 0 radical (unpaired) electrons. The lowest BCUT2D eigenvalue weighted by molar-refractivity contribution is 0.0989. The van der Waals surface area contributed by atoms with Crippen LogP contribution in [0, 0.1) is 0 Å². The van der Waals surface area contributed by atoms with Gasteiger partial charge in [0.1, 0.15) is 5.82 Å². The number of rotatable bonds is 8. The Bertz CT molecular complexity index is 1690. The number of nitrogens with one attached hydrogen (secondary N) is 1. The molecular weight excluding hydrogens is 498 g/mol. The van der Waals surface area contributed by atoms with Crippen molar-refractivity contribution in [3.63, 3.8) is 0 Å². The Balaban J connectivity index is 1.50. The molecule has 0 aliphatic carbocycles. The van der Waals surface area contributed by atoms with Crippen LogP contribution in [0.4, 0.5) is 11.8 Å². The molecule has 0 saturated carbocycles. The van der Waals surface area contributed by atoms with Gasteiger partial charge in [-0.2, -0.15) is 4.98 Å². The SMILES string of the molecule is CCN(C(=O)c1cn(S(=O)(=O)c2ccccc2)c2ccccc12)c1ccnc(N[C@@H](C)c2ccccc2)n1. The summed E-state index contributed by atoms with van der Waals surface area (Å²) in [4.78, 5) is 24.4. The van der Waals surface area contributed by atoms with E-state index in [1.807, 2.05) is 44.2 Å². The third-order valence-electron chi connectivity index (χ3n) is 6.33. The Kier molecular flexibility index (Phi) is 6.93. The second kappa shape index (κ2) is 10.5. The summed E-state index contributed by atoms with van der Waals surface area (Å²) in [5.74, 6) is 0.448. The molecule has 5 rings (SSSR count).